The fourth-order valence-corrected chi connectivity index (χ4v) is 2.82. The van der Waals surface area contributed by atoms with E-state index in [4.69, 9.17) is 0 Å². The third-order valence-corrected chi connectivity index (χ3v) is 4.34. The molecular formula is C23H25N3O4. The van der Waals surface area contributed by atoms with Crippen molar-refractivity contribution in [3.05, 3.63) is 81.9 Å². The van der Waals surface area contributed by atoms with E-state index >= 15 is 0 Å². The number of esters is 1. The van der Waals surface area contributed by atoms with Crippen LogP contribution in [0.1, 0.15) is 35.3 Å². The number of aromatic nitrogens is 1. The fourth-order valence-electron chi connectivity index (χ4n) is 2.82. The molecule has 0 saturated carbocycles. The second-order valence-corrected chi connectivity index (χ2v) is 6.45. The maximum absolute atomic E-state index is 12.9. The van der Waals surface area contributed by atoms with E-state index in [0.29, 0.717) is 11.3 Å². The second kappa shape index (κ2) is 10.7. The molecule has 0 aliphatic carbocycles. The van der Waals surface area contributed by atoms with Gasteiger partial charge in [-0.1, -0.05) is 25.1 Å². The molecule has 2 aromatic rings. The Hall–Kier alpha value is -3.74. The predicted octanol–water partition coefficient (Wildman–Crippen LogP) is 3.45. The molecule has 7 heteroatoms. The summed E-state index contributed by atoms with van der Waals surface area (Å²) in [4.78, 5) is 40.1. The molecule has 0 radical (unpaired) electrons. The van der Waals surface area contributed by atoms with Crippen LogP contribution in [0.4, 0.5) is 5.69 Å². The van der Waals surface area contributed by atoms with Crippen LogP contribution in [-0.2, 0) is 22.5 Å². The number of aliphatic imine (C=N–C) groups is 1. The molecule has 0 bridgehead atoms. The molecule has 156 valence electrons. The van der Waals surface area contributed by atoms with E-state index in [0.717, 1.165) is 23.1 Å². The minimum absolute atomic E-state index is 0.236. The van der Waals surface area contributed by atoms with Gasteiger partial charge in [0.2, 0.25) is 0 Å². The van der Waals surface area contributed by atoms with Gasteiger partial charge < -0.3 is 14.6 Å². The molecule has 1 N–H and O–H groups in total. The molecule has 2 rings (SSSR count). The van der Waals surface area contributed by atoms with Gasteiger partial charge >= 0.3 is 5.97 Å². The predicted molar refractivity (Wildman–Crippen MR) is 119 cm³/mol. The molecule has 0 aliphatic rings. The van der Waals surface area contributed by atoms with E-state index in [1.54, 1.807) is 12.3 Å². The Bertz CT molecular complexity index is 1060. The highest BCUT2D eigenvalue weighted by atomic mass is 16.5. The van der Waals surface area contributed by atoms with Crippen molar-refractivity contribution in [3.8, 4) is 0 Å². The number of nitrogens with one attached hydrogen (secondary N) is 1. The van der Waals surface area contributed by atoms with Gasteiger partial charge in [-0.3, -0.25) is 19.4 Å². The molecule has 1 amide bonds. The summed E-state index contributed by atoms with van der Waals surface area (Å²) in [7, 11) is 1.25. The Labute approximate surface area is 175 Å². The van der Waals surface area contributed by atoms with Crippen LogP contribution in [0.25, 0.3) is 5.57 Å². The minimum Gasteiger partial charge on any atom is -0.468 e. The molecule has 7 nitrogen and oxygen atoms in total. The summed E-state index contributed by atoms with van der Waals surface area (Å²) in [6.45, 7) is 7.18. The van der Waals surface area contributed by atoms with Gasteiger partial charge in [0.15, 0.2) is 0 Å². The number of ether oxygens (including phenoxy) is 1. The number of rotatable bonds is 8. The highest BCUT2D eigenvalue weighted by molar-refractivity contribution is 6.05. The number of nitrogens with zero attached hydrogens (tertiary/aromatic N) is 2. The first-order chi connectivity index (χ1) is 14.4. The first-order valence-electron chi connectivity index (χ1n) is 9.43. The number of pyridine rings is 1. The molecule has 0 unspecified atom stereocenters. The molecule has 30 heavy (non-hydrogen) atoms. The van der Waals surface area contributed by atoms with Crippen molar-refractivity contribution in [1.82, 2.24) is 4.57 Å². The van der Waals surface area contributed by atoms with Gasteiger partial charge in [-0.05, 0) is 55.0 Å². The first kappa shape index (κ1) is 22.5. The molecule has 1 aromatic heterocycles. The summed E-state index contributed by atoms with van der Waals surface area (Å²) < 4.78 is 5.77. The summed E-state index contributed by atoms with van der Waals surface area (Å²) in [5.41, 5.74) is 3.17. The zero-order chi connectivity index (χ0) is 22.1. The van der Waals surface area contributed by atoms with Gasteiger partial charge in [0.25, 0.3) is 11.5 Å². The van der Waals surface area contributed by atoms with E-state index in [-0.39, 0.29) is 18.0 Å². The number of hydrogen-bond donors (Lipinski definition) is 1. The van der Waals surface area contributed by atoms with E-state index in [2.05, 4.69) is 21.8 Å². The molecular weight excluding hydrogens is 382 g/mol. The largest absolute Gasteiger partial charge is 0.468 e. The Kier molecular flexibility index (Phi) is 8.05. The number of hydrogen-bond acceptors (Lipinski definition) is 5. The zero-order valence-corrected chi connectivity index (χ0v) is 17.3. The topological polar surface area (TPSA) is 89.8 Å². The van der Waals surface area contributed by atoms with Crippen molar-refractivity contribution < 1.29 is 14.3 Å². The minimum atomic E-state index is -0.556. The summed E-state index contributed by atoms with van der Waals surface area (Å²) in [5, 5.41) is 2.77. The molecule has 1 heterocycles. The van der Waals surface area contributed by atoms with Crippen molar-refractivity contribution in [2.45, 2.75) is 26.8 Å². The van der Waals surface area contributed by atoms with Crippen LogP contribution in [-0.4, -0.2) is 30.3 Å². The zero-order valence-electron chi connectivity index (χ0n) is 17.3. The number of anilines is 1. The van der Waals surface area contributed by atoms with Gasteiger partial charge in [-0.15, -0.1) is 0 Å². The Morgan fingerprint density at radius 1 is 1.23 bits per heavy atom. The van der Waals surface area contributed by atoms with Crippen molar-refractivity contribution in [2.24, 2.45) is 4.99 Å². The third kappa shape index (κ3) is 5.88. The fraction of sp³-hybridized carbons (Fsp3) is 0.217. The van der Waals surface area contributed by atoms with Crippen molar-refractivity contribution in [2.75, 3.05) is 12.4 Å². The SMILES string of the molecule is C=N/C=C(\C=C/C)c1cc(CC)cc(C(=O)Nc2ccc(=O)n(CC(=O)OC)c2)c1. The normalized spacial score (nSPS) is 11.4. The lowest BCUT2D eigenvalue weighted by atomic mass is 9.98. The van der Waals surface area contributed by atoms with Gasteiger partial charge in [-0.2, -0.15) is 0 Å². The van der Waals surface area contributed by atoms with Gasteiger partial charge in [0.1, 0.15) is 6.54 Å². The van der Waals surface area contributed by atoms with Crippen molar-refractivity contribution >= 4 is 29.9 Å². The van der Waals surface area contributed by atoms with E-state index in [9.17, 15) is 14.4 Å². The Morgan fingerprint density at radius 3 is 2.60 bits per heavy atom. The van der Waals surface area contributed by atoms with Gasteiger partial charge in [0.05, 0.1) is 12.8 Å². The second-order valence-electron chi connectivity index (χ2n) is 6.45. The first-order valence-corrected chi connectivity index (χ1v) is 9.43. The number of benzene rings is 1. The number of carbonyl (C=O) groups is 2. The maximum Gasteiger partial charge on any atom is 0.325 e. The molecule has 0 atom stereocenters. The Balaban J connectivity index is 2.37. The average molecular weight is 407 g/mol. The van der Waals surface area contributed by atoms with Crippen LogP contribution in [0.2, 0.25) is 0 Å². The maximum atomic E-state index is 12.9. The van der Waals surface area contributed by atoms with Crippen molar-refractivity contribution in [3.63, 3.8) is 0 Å². The Morgan fingerprint density at radius 2 is 1.97 bits per heavy atom. The molecule has 0 fully saturated rings. The lowest BCUT2D eigenvalue weighted by molar-refractivity contribution is -0.141. The van der Waals surface area contributed by atoms with E-state index in [1.165, 1.54) is 30.0 Å². The standard InChI is InChI=1S/C23H25N3O4/c1-5-7-17(13-24-3)18-10-16(6-2)11-19(12-18)23(29)25-20-8-9-21(27)26(14-20)15-22(28)30-4/h5,7-14H,3,6,15H2,1-2,4H3,(H,25,29)/b7-5-,17-13+. The molecule has 0 spiro atoms. The van der Waals surface area contributed by atoms with Crippen LogP contribution in [0, 0.1) is 0 Å². The number of allylic oxidation sites excluding steroid dienone is 3. The molecule has 1 aromatic carbocycles. The highest BCUT2D eigenvalue weighted by Crippen LogP contribution is 2.21. The highest BCUT2D eigenvalue weighted by Gasteiger charge is 2.12. The average Bonchev–Trinajstić information content (AvgIpc) is 2.75. The summed E-state index contributed by atoms with van der Waals surface area (Å²) in [6.07, 6.45) is 7.59. The number of aryl methyl sites for hydroxylation is 1. The van der Waals surface area contributed by atoms with Crippen molar-refractivity contribution in [1.29, 1.82) is 0 Å². The quantitative estimate of drug-likeness (QED) is 0.412. The molecule has 0 saturated heterocycles. The smallest absolute Gasteiger partial charge is 0.325 e. The number of amides is 1. The van der Waals surface area contributed by atoms with Crippen LogP contribution in [0.3, 0.4) is 0 Å². The lowest BCUT2D eigenvalue weighted by Gasteiger charge is -2.11. The van der Waals surface area contributed by atoms with E-state index in [1.807, 2.05) is 38.1 Å². The summed E-state index contributed by atoms with van der Waals surface area (Å²) >= 11 is 0. The van der Waals surface area contributed by atoms with Crippen LogP contribution in [0.5, 0.6) is 0 Å². The van der Waals surface area contributed by atoms with Gasteiger partial charge in [-0.25, -0.2) is 0 Å². The summed E-state index contributed by atoms with van der Waals surface area (Å²) in [5.74, 6) is -0.888. The monoisotopic (exact) mass is 407 g/mol. The van der Waals surface area contributed by atoms with Crippen LogP contribution < -0.4 is 10.9 Å². The summed E-state index contributed by atoms with van der Waals surface area (Å²) in [6, 6.07) is 8.37. The van der Waals surface area contributed by atoms with Gasteiger partial charge in [0, 0.05) is 24.0 Å². The molecule has 0 aliphatic heterocycles. The number of carbonyl (C=O) groups excluding carboxylic acids is 2. The van der Waals surface area contributed by atoms with E-state index < -0.39 is 5.97 Å². The van der Waals surface area contributed by atoms with Crippen LogP contribution in [0.15, 0.2) is 64.7 Å². The number of methoxy groups -OCH3 is 1. The van der Waals surface area contributed by atoms with Crippen LogP contribution >= 0.6 is 0 Å². The third-order valence-electron chi connectivity index (χ3n) is 4.34. The lowest BCUT2D eigenvalue weighted by Crippen LogP contribution is -2.24.